The smallest absolute Gasteiger partial charge is 0.173 e. The van der Waals surface area contributed by atoms with E-state index in [0.717, 1.165) is 69.1 Å². The van der Waals surface area contributed by atoms with Gasteiger partial charge in [-0.25, -0.2) is 9.97 Å². The van der Waals surface area contributed by atoms with Gasteiger partial charge in [-0.1, -0.05) is 49.4 Å². The fourth-order valence-electron chi connectivity index (χ4n) is 4.61. The van der Waals surface area contributed by atoms with Crippen LogP contribution in [0, 0.1) is 0 Å². The van der Waals surface area contributed by atoms with E-state index >= 15 is 0 Å². The Morgan fingerprint density at radius 1 is 0.778 bits per heavy atom. The third-order valence-corrected chi connectivity index (χ3v) is 6.63. The van der Waals surface area contributed by atoms with Crippen LogP contribution in [0.5, 0.6) is 0 Å². The van der Waals surface area contributed by atoms with E-state index in [2.05, 4.69) is 63.5 Å². The van der Waals surface area contributed by atoms with Crippen molar-refractivity contribution in [3.8, 4) is 0 Å². The van der Waals surface area contributed by atoms with Gasteiger partial charge in [-0.15, -0.1) is 0 Å². The molecule has 0 amide bonds. The van der Waals surface area contributed by atoms with Crippen molar-refractivity contribution in [1.82, 2.24) is 24.8 Å². The van der Waals surface area contributed by atoms with Crippen molar-refractivity contribution in [3.05, 3.63) is 90.8 Å². The molecule has 36 heavy (non-hydrogen) atoms. The average molecular weight is 489 g/mol. The molecule has 176 valence electrons. The topological polar surface area (TPSA) is 66.8 Å². The summed E-state index contributed by atoms with van der Waals surface area (Å²) in [4.78, 5) is 21.4. The van der Waals surface area contributed by atoms with E-state index in [0.29, 0.717) is 5.11 Å². The van der Waals surface area contributed by atoms with Gasteiger partial charge in [-0.3, -0.25) is 9.97 Å². The van der Waals surface area contributed by atoms with Gasteiger partial charge in [-0.05, 0) is 54.5 Å². The molecule has 0 saturated carbocycles. The summed E-state index contributed by atoms with van der Waals surface area (Å²) in [6.45, 7) is 3.79. The van der Waals surface area contributed by atoms with Gasteiger partial charge in [-0.2, -0.15) is 0 Å². The van der Waals surface area contributed by atoms with Crippen LogP contribution in [-0.4, -0.2) is 36.5 Å². The quantitative estimate of drug-likeness (QED) is 0.169. The van der Waals surface area contributed by atoms with E-state index in [1.54, 1.807) is 12.4 Å². The highest BCUT2D eigenvalue weighted by Gasteiger charge is 2.15. The molecule has 1 N–H and O–H groups in total. The lowest BCUT2D eigenvalue weighted by atomic mass is 10.1. The van der Waals surface area contributed by atoms with Crippen LogP contribution in [0.15, 0.2) is 85.2 Å². The zero-order chi connectivity index (χ0) is 24.5. The minimum atomic E-state index is 0.691. The molecule has 0 saturated heterocycles. The molecule has 6 rings (SSSR count). The van der Waals surface area contributed by atoms with E-state index < -0.39 is 0 Å². The molecule has 0 unspecified atom stereocenters. The first kappa shape index (κ1) is 22.2. The summed E-state index contributed by atoms with van der Waals surface area (Å²) < 4.78 is 0. The Morgan fingerprint density at radius 3 is 2.11 bits per heavy atom. The van der Waals surface area contributed by atoms with Crippen LogP contribution in [0.3, 0.4) is 0 Å². The van der Waals surface area contributed by atoms with Crippen LogP contribution >= 0.6 is 12.2 Å². The molecule has 3 heterocycles. The summed E-state index contributed by atoms with van der Waals surface area (Å²) in [6.07, 6.45) is 4.59. The molecule has 0 bridgehead atoms. The fourth-order valence-corrected chi connectivity index (χ4v) is 4.89. The van der Waals surface area contributed by atoms with Crippen molar-refractivity contribution in [2.45, 2.75) is 19.9 Å². The summed E-state index contributed by atoms with van der Waals surface area (Å²) in [5, 5.41) is 6.16. The van der Waals surface area contributed by atoms with Crippen molar-refractivity contribution in [2.75, 3.05) is 11.9 Å². The van der Waals surface area contributed by atoms with Crippen LogP contribution in [0.4, 0.5) is 5.69 Å². The molecule has 0 aliphatic rings. The highest BCUT2D eigenvalue weighted by Crippen LogP contribution is 2.32. The SMILES string of the molecule is CCCN(Cc1ccccc1)C(=S)Nc1ccc2nc3c4ncccc4c4cccnc4c3nc2c1. The van der Waals surface area contributed by atoms with E-state index in [1.807, 2.05) is 36.4 Å². The Hall–Kier alpha value is -4.23. The maximum absolute atomic E-state index is 5.80. The van der Waals surface area contributed by atoms with Crippen LogP contribution in [0.25, 0.3) is 43.9 Å². The third kappa shape index (κ3) is 4.07. The molecule has 0 fully saturated rings. The first-order valence-electron chi connectivity index (χ1n) is 12.0. The highest BCUT2D eigenvalue weighted by molar-refractivity contribution is 7.80. The van der Waals surface area contributed by atoms with Crippen LogP contribution in [0.1, 0.15) is 18.9 Å². The Bertz CT molecular complexity index is 1730. The zero-order valence-corrected chi connectivity index (χ0v) is 20.7. The van der Waals surface area contributed by atoms with Crippen LogP contribution in [0.2, 0.25) is 0 Å². The van der Waals surface area contributed by atoms with Crippen LogP contribution < -0.4 is 5.32 Å². The number of anilines is 1. The molecular weight excluding hydrogens is 464 g/mol. The summed E-state index contributed by atoms with van der Waals surface area (Å²) in [7, 11) is 0. The average Bonchev–Trinajstić information content (AvgIpc) is 2.92. The number of rotatable bonds is 5. The number of thiocarbonyl (C=S) groups is 1. The van der Waals surface area contributed by atoms with Gasteiger partial charge < -0.3 is 10.2 Å². The normalized spacial score (nSPS) is 11.4. The number of fused-ring (bicyclic) bond motifs is 7. The number of hydrogen-bond acceptors (Lipinski definition) is 5. The minimum absolute atomic E-state index is 0.691. The molecule has 0 radical (unpaired) electrons. The van der Waals surface area contributed by atoms with Gasteiger partial charge in [0.2, 0.25) is 0 Å². The molecule has 7 heteroatoms. The standard InChI is InChI=1S/C29H24N6S/c1-2-16-35(18-19-8-4-3-5-9-19)29(36)32-20-12-13-23-24(17-20)34-28-26-22(11-7-15-31-26)21-10-6-14-30-25(21)27(28)33-23/h3-15,17H,2,16,18H2,1H3,(H,32,36). The monoisotopic (exact) mass is 488 g/mol. The van der Waals surface area contributed by atoms with Gasteiger partial charge in [0.05, 0.1) is 22.1 Å². The molecule has 6 aromatic rings. The summed E-state index contributed by atoms with van der Waals surface area (Å²) in [6, 6.07) is 24.4. The minimum Gasteiger partial charge on any atom is -0.345 e. The second-order valence-electron chi connectivity index (χ2n) is 8.76. The lowest BCUT2D eigenvalue weighted by molar-refractivity contribution is 0.418. The first-order valence-corrected chi connectivity index (χ1v) is 12.4. The number of aromatic nitrogens is 4. The Kier molecular flexibility index (Phi) is 5.83. The van der Waals surface area contributed by atoms with E-state index in [1.165, 1.54) is 5.56 Å². The van der Waals surface area contributed by atoms with Crippen molar-refractivity contribution < 1.29 is 0 Å². The number of hydrogen-bond donors (Lipinski definition) is 1. The van der Waals surface area contributed by atoms with Gasteiger partial charge in [0, 0.05) is 41.9 Å². The van der Waals surface area contributed by atoms with E-state index in [4.69, 9.17) is 22.2 Å². The maximum atomic E-state index is 5.80. The van der Waals surface area contributed by atoms with Crippen LogP contribution in [-0.2, 0) is 6.54 Å². The highest BCUT2D eigenvalue weighted by atomic mass is 32.1. The molecular formula is C29H24N6S. The van der Waals surface area contributed by atoms with E-state index in [-0.39, 0.29) is 0 Å². The van der Waals surface area contributed by atoms with Crippen molar-refractivity contribution in [3.63, 3.8) is 0 Å². The van der Waals surface area contributed by atoms with Crippen molar-refractivity contribution in [1.29, 1.82) is 0 Å². The fraction of sp³-hybridized carbons (Fsp3) is 0.138. The second-order valence-corrected chi connectivity index (χ2v) is 9.15. The number of nitrogens with zero attached hydrogens (tertiary/aromatic N) is 5. The van der Waals surface area contributed by atoms with Gasteiger partial charge in [0.15, 0.2) is 5.11 Å². The predicted molar refractivity (Wildman–Crippen MR) is 151 cm³/mol. The van der Waals surface area contributed by atoms with E-state index in [9.17, 15) is 0 Å². The third-order valence-electron chi connectivity index (χ3n) is 6.27. The predicted octanol–water partition coefficient (Wildman–Crippen LogP) is 6.49. The largest absolute Gasteiger partial charge is 0.345 e. The molecule has 3 aromatic carbocycles. The molecule has 6 nitrogen and oxygen atoms in total. The Balaban J connectivity index is 1.40. The summed E-state index contributed by atoms with van der Waals surface area (Å²) in [5.41, 5.74) is 6.87. The lowest BCUT2D eigenvalue weighted by Gasteiger charge is -2.25. The van der Waals surface area contributed by atoms with Crippen molar-refractivity contribution >= 4 is 66.9 Å². The van der Waals surface area contributed by atoms with Gasteiger partial charge in [0.1, 0.15) is 11.0 Å². The molecule has 0 aliphatic carbocycles. The maximum Gasteiger partial charge on any atom is 0.173 e. The molecule has 3 aromatic heterocycles. The summed E-state index contributed by atoms with van der Waals surface area (Å²) in [5.74, 6) is 0. The second kappa shape index (κ2) is 9.43. The molecule has 0 aliphatic heterocycles. The van der Waals surface area contributed by atoms with Gasteiger partial charge in [0.25, 0.3) is 0 Å². The summed E-state index contributed by atoms with van der Waals surface area (Å²) >= 11 is 5.80. The number of pyridine rings is 2. The lowest BCUT2D eigenvalue weighted by Crippen LogP contribution is -2.34. The first-order chi connectivity index (χ1) is 17.7. The molecule has 0 atom stereocenters. The molecule has 0 spiro atoms. The number of benzene rings is 3. The van der Waals surface area contributed by atoms with Gasteiger partial charge >= 0.3 is 0 Å². The Morgan fingerprint density at radius 2 is 1.44 bits per heavy atom. The Labute approximate surface area is 214 Å². The van der Waals surface area contributed by atoms with Crippen molar-refractivity contribution in [2.24, 2.45) is 0 Å². The zero-order valence-electron chi connectivity index (χ0n) is 19.8. The number of nitrogens with one attached hydrogen (secondary N) is 1.